The Kier molecular flexibility index (Phi) is 7.43. The molecule has 1 amide bonds. The molecule has 9 heteroatoms. The molecular weight excluding hydrogens is 516 g/mol. The first-order valence-corrected chi connectivity index (χ1v) is 11.3. The van der Waals surface area contributed by atoms with Crippen LogP contribution in [-0.4, -0.2) is 26.9 Å². The normalized spacial score (nSPS) is 12.0. The average molecular weight is 537 g/mol. The summed E-state index contributed by atoms with van der Waals surface area (Å²) in [5.41, 5.74) is 1.96. The summed E-state index contributed by atoms with van der Waals surface area (Å²) in [5.74, 6) is 2.44. The van der Waals surface area contributed by atoms with E-state index in [-0.39, 0.29) is 19.0 Å². The Morgan fingerprint density at radius 3 is 2.57 bits per heavy atom. The molecule has 4 rings (SSSR count). The van der Waals surface area contributed by atoms with Crippen molar-refractivity contribution in [3.8, 4) is 34.8 Å². The molecule has 1 aliphatic rings. The van der Waals surface area contributed by atoms with Gasteiger partial charge >= 0.3 is 0 Å². The maximum Gasteiger partial charge on any atom is 0.266 e. The van der Waals surface area contributed by atoms with Crippen molar-refractivity contribution in [1.29, 1.82) is 5.26 Å². The molecule has 0 unspecified atom stereocenters. The van der Waals surface area contributed by atoms with E-state index in [9.17, 15) is 10.1 Å². The van der Waals surface area contributed by atoms with Crippen LogP contribution in [0.5, 0.6) is 28.7 Å². The molecular formula is C26H21BrN2O6. The molecule has 0 radical (unpaired) electrons. The lowest BCUT2D eigenvalue weighted by Gasteiger charge is -2.14. The number of carbonyl (C=O) groups excluding carboxylic acids is 1. The lowest BCUT2D eigenvalue weighted by molar-refractivity contribution is -0.112. The topological polar surface area (TPSA) is 99.0 Å². The molecule has 0 aliphatic carbocycles. The number of halogens is 1. The highest BCUT2D eigenvalue weighted by molar-refractivity contribution is 9.10. The highest BCUT2D eigenvalue weighted by Crippen LogP contribution is 2.38. The third-order valence-corrected chi connectivity index (χ3v) is 5.68. The maximum absolute atomic E-state index is 12.6. The van der Waals surface area contributed by atoms with Crippen LogP contribution in [0.4, 0.5) is 5.69 Å². The van der Waals surface area contributed by atoms with Gasteiger partial charge in [-0.15, -0.1) is 0 Å². The van der Waals surface area contributed by atoms with Crippen molar-refractivity contribution < 1.29 is 28.5 Å². The van der Waals surface area contributed by atoms with Gasteiger partial charge in [-0.25, -0.2) is 0 Å². The van der Waals surface area contributed by atoms with E-state index in [2.05, 4.69) is 21.2 Å². The van der Waals surface area contributed by atoms with E-state index >= 15 is 0 Å². The first-order chi connectivity index (χ1) is 17.0. The van der Waals surface area contributed by atoms with Crippen LogP contribution in [0.2, 0.25) is 0 Å². The number of rotatable bonds is 8. The highest BCUT2D eigenvalue weighted by atomic mass is 79.9. The second kappa shape index (κ2) is 10.8. The number of amides is 1. The Labute approximate surface area is 210 Å². The molecule has 0 fully saturated rings. The van der Waals surface area contributed by atoms with Crippen LogP contribution >= 0.6 is 15.9 Å². The van der Waals surface area contributed by atoms with E-state index in [0.717, 1.165) is 5.56 Å². The van der Waals surface area contributed by atoms with E-state index in [4.69, 9.17) is 23.7 Å². The first kappa shape index (κ1) is 24.0. The van der Waals surface area contributed by atoms with Gasteiger partial charge in [-0.1, -0.05) is 6.07 Å². The van der Waals surface area contributed by atoms with Crippen molar-refractivity contribution in [1.82, 2.24) is 0 Å². The fourth-order valence-electron chi connectivity index (χ4n) is 3.34. The minimum absolute atomic E-state index is 0.0659. The van der Waals surface area contributed by atoms with E-state index in [1.807, 2.05) is 24.3 Å². The SMILES string of the molecule is COc1ccc(NC(=O)/C(C#N)=C\c2cc(Br)c(OCc3ccc4c(c3)OCO4)c(OC)c2)cc1. The number of benzene rings is 3. The second-order valence-electron chi connectivity index (χ2n) is 7.36. The standard InChI is InChI=1S/C26H21BrN2O6/c1-31-20-6-4-19(5-7-20)29-26(30)18(13-28)9-17-10-21(27)25(24(12-17)32-2)33-14-16-3-8-22-23(11-16)35-15-34-22/h3-12H,14-15H2,1-2H3,(H,29,30)/b18-9-. The zero-order valence-electron chi connectivity index (χ0n) is 19.0. The monoisotopic (exact) mass is 536 g/mol. The second-order valence-corrected chi connectivity index (χ2v) is 8.22. The number of ether oxygens (including phenoxy) is 5. The summed E-state index contributed by atoms with van der Waals surface area (Å²) in [6, 6.07) is 17.8. The Hall–Kier alpha value is -4.16. The molecule has 1 heterocycles. The predicted octanol–water partition coefficient (Wildman–Crippen LogP) is 5.32. The van der Waals surface area contributed by atoms with Crippen molar-refractivity contribution in [3.05, 3.63) is 75.8 Å². The van der Waals surface area contributed by atoms with E-state index in [1.54, 1.807) is 43.5 Å². The zero-order chi connectivity index (χ0) is 24.8. The number of hydrogen-bond acceptors (Lipinski definition) is 7. The summed E-state index contributed by atoms with van der Waals surface area (Å²) in [4.78, 5) is 12.6. The van der Waals surface area contributed by atoms with E-state index < -0.39 is 5.91 Å². The largest absolute Gasteiger partial charge is 0.497 e. The number of nitriles is 1. The quantitative estimate of drug-likeness (QED) is 0.307. The number of anilines is 1. The summed E-state index contributed by atoms with van der Waals surface area (Å²) in [5, 5.41) is 12.3. The van der Waals surface area contributed by atoms with Gasteiger partial charge in [0.25, 0.3) is 5.91 Å². The average Bonchev–Trinajstić information content (AvgIpc) is 3.34. The van der Waals surface area contributed by atoms with Crippen LogP contribution in [0.3, 0.4) is 0 Å². The van der Waals surface area contributed by atoms with Crippen molar-refractivity contribution >= 4 is 33.6 Å². The van der Waals surface area contributed by atoms with Gasteiger partial charge in [-0.3, -0.25) is 4.79 Å². The summed E-state index contributed by atoms with van der Waals surface area (Å²) in [6.45, 7) is 0.477. The number of fused-ring (bicyclic) bond motifs is 1. The minimum atomic E-state index is -0.532. The van der Waals surface area contributed by atoms with Crippen LogP contribution in [-0.2, 0) is 11.4 Å². The Morgan fingerprint density at radius 1 is 1.09 bits per heavy atom. The van der Waals surface area contributed by atoms with Gasteiger partial charge in [0.05, 0.1) is 18.7 Å². The molecule has 1 N–H and O–H groups in total. The molecule has 178 valence electrons. The lowest BCUT2D eigenvalue weighted by Crippen LogP contribution is -2.13. The van der Waals surface area contributed by atoms with Crippen LogP contribution in [0.1, 0.15) is 11.1 Å². The van der Waals surface area contributed by atoms with Crippen LogP contribution in [0.15, 0.2) is 64.6 Å². The Morgan fingerprint density at radius 2 is 1.86 bits per heavy atom. The van der Waals surface area contributed by atoms with Crippen LogP contribution < -0.4 is 29.0 Å². The maximum atomic E-state index is 12.6. The highest BCUT2D eigenvalue weighted by Gasteiger charge is 2.16. The first-order valence-electron chi connectivity index (χ1n) is 10.5. The van der Waals surface area contributed by atoms with Gasteiger partial charge in [-0.05, 0) is 81.7 Å². The van der Waals surface area contributed by atoms with Gasteiger partial charge in [0, 0.05) is 5.69 Å². The van der Waals surface area contributed by atoms with E-state index in [0.29, 0.717) is 44.5 Å². The van der Waals surface area contributed by atoms with Gasteiger partial charge < -0.3 is 29.0 Å². The molecule has 0 aromatic heterocycles. The summed E-state index contributed by atoms with van der Waals surface area (Å²) >= 11 is 3.50. The van der Waals surface area contributed by atoms with Crippen LogP contribution in [0, 0.1) is 11.3 Å². The molecule has 0 saturated carbocycles. The molecule has 8 nitrogen and oxygen atoms in total. The van der Waals surface area contributed by atoms with Crippen LogP contribution in [0.25, 0.3) is 6.08 Å². The van der Waals surface area contributed by atoms with Crippen molar-refractivity contribution in [2.24, 2.45) is 0 Å². The number of nitrogens with one attached hydrogen (secondary N) is 1. The van der Waals surface area contributed by atoms with E-state index in [1.165, 1.54) is 13.2 Å². The Balaban J connectivity index is 1.50. The van der Waals surface area contributed by atoms with Gasteiger partial charge in [0.1, 0.15) is 24.0 Å². The van der Waals surface area contributed by atoms with Gasteiger partial charge in [0.2, 0.25) is 6.79 Å². The number of nitrogens with zero attached hydrogens (tertiary/aromatic N) is 1. The smallest absolute Gasteiger partial charge is 0.266 e. The molecule has 3 aromatic carbocycles. The zero-order valence-corrected chi connectivity index (χ0v) is 20.5. The van der Waals surface area contributed by atoms with Crippen molar-refractivity contribution in [2.45, 2.75) is 6.61 Å². The van der Waals surface area contributed by atoms with Gasteiger partial charge in [-0.2, -0.15) is 5.26 Å². The molecule has 35 heavy (non-hydrogen) atoms. The van der Waals surface area contributed by atoms with Crippen molar-refractivity contribution in [3.63, 3.8) is 0 Å². The molecule has 0 bridgehead atoms. The third kappa shape index (κ3) is 5.67. The van der Waals surface area contributed by atoms with Crippen molar-refractivity contribution in [2.75, 3.05) is 26.3 Å². The Bertz CT molecular complexity index is 1310. The number of carbonyl (C=O) groups is 1. The molecule has 3 aromatic rings. The fourth-order valence-corrected chi connectivity index (χ4v) is 3.91. The number of methoxy groups -OCH3 is 2. The lowest BCUT2D eigenvalue weighted by atomic mass is 10.1. The summed E-state index contributed by atoms with van der Waals surface area (Å²) in [7, 11) is 3.08. The molecule has 0 spiro atoms. The molecule has 0 atom stereocenters. The van der Waals surface area contributed by atoms with Gasteiger partial charge in [0.15, 0.2) is 23.0 Å². The summed E-state index contributed by atoms with van der Waals surface area (Å²) in [6.07, 6.45) is 1.48. The molecule has 1 aliphatic heterocycles. The molecule has 0 saturated heterocycles. The summed E-state index contributed by atoms with van der Waals surface area (Å²) < 4.78 is 28.0. The predicted molar refractivity (Wildman–Crippen MR) is 133 cm³/mol. The fraction of sp³-hybridized carbons (Fsp3) is 0.154. The third-order valence-electron chi connectivity index (χ3n) is 5.10. The minimum Gasteiger partial charge on any atom is -0.497 e. The number of hydrogen-bond donors (Lipinski definition) is 1.